The molecule has 3 aromatic rings. The highest BCUT2D eigenvalue weighted by atomic mass is 16.5. The molecular weight excluding hydrogens is 316 g/mol. The third-order valence-corrected chi connectivity index (χ3v) is 4.24. The summed E-state index contributed by atoms with van der Waals surface area (Å²) < 4.78 is 11.4. The van der Waals surface area contributed by atoms with Crippen LogP contribution >= 0.6 is 0 Å². The molecule has 0 aliphatic carbocycles. The Bertz CT molecular complexity index is 840. The van der Waals surface area contributed by atoms with Gasteiger partial charge in [-0.25, -0.2) is 0 Å². The maximum atomic E-state index is 10.4. The first-order chi connectivity index (χ1) is 11.9. The van der Waals surface area contributed by atoms with Crippen LogP contribution in [-0.2, 0) is 12.0 Å². The summed E-state index contributed by atoms with van der Waals surface area (Å²) in [6.07, 6.45) is -0.844. The van der Waals surface area contributed by atoms with Crippen molar-refractivity contribution >= 4 is 11.0 Å². The Balaban J connectivity index is 1.71. The van der Waals surface area contributed by atoms with Gasteiger partial charge in [0.15, 0.2) is 0 Å². The van der Waals surface area contributed by atoms with Crippen molar-refractivity contribution < 1.29 is 19.4 Å². The number of aliphatic hydroxyl groups is 2. The number of rotatable bonds is 5. The fourth-order valence-corrected chi connectivity index (χ4v) is 2.64. The van der Waals surface area contributed by atoms with E-state index in [2.05, 4.69) is 32.9 Å². The Morgan fingerprint density at radius 2 is 1.76 bits per heavy atom. The monoisotopic (exact) mass is 340 g/mol. The van der Waals surface area contributed by atoms with Gasteiger partial charge in [-0.05, 0) is 46.9 Å². The lowest BCUT2D eigenvalue weighted by Crippen LogP contribution is -2.10. The smallest absolute Gasteiger partial charge is 0.145 e. The molecule has 25 heavy (non-hydrogen) atoms. The number of hydrogen-bond acceptors (Lipinski definition) is 4. The van der Waals surface area contributed by atoms with Gasteiger partial charge in [0.2, 0.25) is 0 Å². The molecule has 4 nitrogen and oxygen atoms in total. The highest BCUT2D eigenvalue weighted by molar-refractivity contribution is 5.79. The standard InChI is InChI=1S/C21H24O4/c1-21(2,3)16-6-9-19-15(10-16)11-20(25-19)18(23)13-24-17-7-4-14(12-22)5-8-17/h4-11,18,22-23H,12-13H2,1-3H3. The summed E-state index contributed by atoms with van der Waals surface area (Å²) in [6, 6.07) is 15.1. The minimum atomic E-state index is -0.844. The first kappa shape index (κ1) is 17.5. The zero-order chi connectivity index (χ0) is 18.0. The number of aliphatic hydroxyl groups excluding tert-OH is 2. The molecule has 1 unspecified atom stereocenters. The molecule has 1 atom stereocenters. The van der Waals surface area contributed by atoms with E-state index in [0.29, 0.717) is 11.5 Å². The second-order valence-corrected chi connectivity index (χ2v) is 7.28. The predicted molar refractivity (Wildman–Crippen MR) is 97.7 cm³/mol. The molecule has 132 valence electrons. The molecule has 0 saturated carbocycles. The number of benzene rings is 2. The minimum absolute atomic E-state index is 0.00154. The summed E-state index contributed by atoms with van der Waals surface area (Å²) in [5, 5.41) is 20.4. The first-order valence-corrected chi connectivity index (χ1v) is 8.41. The van der Waals surface area contributed by atoms with Crippen LogP contribution in [0.5, 0.6) is 5.75 Å². The normalized spacial score (nSPS) is 13.2. The Labute approximate surface area is 147 Å². The minimum Gasteiger partial charge on any atom is -0.490 e. The van der Waals surface area contributed by atoms with Gasteiger partial charge < -0.3 is 19.4 Å². The van der Waals surface area contributed by atoms with E-state index in [4.69, 9.17) is 14.3 Å². The van der Waals surface area contributed by atoms with Gasteiger partial charge in [-0.2, -0.15) is 0 Å². The molecule has 0 bridgehead atoms. The first-order valence-electron chi connectivity index (χ1n) is 8.41. The van der Waals surface area contributed by atoms with Crippen LogP contribution in [0.4, 0.5) is 0 Å². The van der Waals surface area contributed by atoms with Gasteiger partial charge in [0, 0.05) is 5.39 Å². The molecule has 3 rings (SSSR count). The fraction of sp³-hybridized carbons (Fsp3) is 0.333. The van der Waals surface area contributed by atoms with Crippen LogP contribution in [0, 0.1) is 0 Å². The third kappa shape index (κ3) is 4.03. The molecule has 0 aliphatic heterocycles. The van der Waals surface area contributed by atoms with Crippen LogP contribution in [-0.4, -0.2) is 16.8 Å². The maximum Gasteiger partial charge on any atom is 0.145 e. The molecule has 4 heteroatoms. The second kappa shape index (κ2) is 6.90. The van der Waals surface area contributed by atoms with Gasteiger partial charge in [-0.3, -0.25) is 0 Å². The van der Waals surface area contributed by atoms with Crippen LogP contribution in [0.3, 0.4) is 0 Å². The lowest BCUT2D eigenvalue weighted by atomic mass is 9.86. The van der Waals surface area contributed by atoms with E-state index in [1.165, 1.54) is 5.56 Å². The molecule has 2 N–H and O–H groups in total. The van der Waals surface area contributed by atoms with Gasteiger partial charge in [-0.1, -0.05) is 39.0 Å². The van der Waals surface area contributed by atoms with Crippen molar-refractivity contribution in [2.75, 3.05) is 6.61 Å². The van der Waals surface area contributed by atoms with E-state index >= 15 is 0 Å². The van der Waals surface area contributed by atoms with Crippen molar-refractivity contribution in [1.29, 1.82) is 0 Å². The largest absolute Gasteiger partial charge is 0.490 e. The summed E-state index contributed by atoms with van der Waals surface area (Å²) >= 11 is 0. The van der Waals surface area contributed by atoms with Gasteiger partial charge in [0.1, 0.15) is 29.8 Å². The Morgan fingerprint density at radius 3 is 2.40 bits per heavy atom. The topological polar surface area (TPSA) is 62.8 Å². The van der Waals surface area contributed by atoms with Crippen LogP contribution in [0.1, 0.15) is 43.8 Å². The fourth-order valence-electron chi connectivity index (χ4n) is 2.64. The summed E-state index contributed by atoms with van der Waals surface area (Å²) in [5.41, 5.74) is 2.87. The molecule has 0 aliphatic rings. The van der Waals surface area contributed by atoms with Crippen molar-refractivity contribution in [3.63, 3.8) is 0 Å². The molecule has 2 aromatic carbocycles. The second-order valence-electron chi connectivity index (χ2n) is 7.28. The summed E-state index contributed by atoms with van der Waals surface area (Å²) in [4.78, 5) is 0. The Hall–Kier alpha value is -2.30. The van der Waals surface area contributed by atoms with Crippen molar-refractivity contribution in [1.82, 2.24) is 0 Å². The SMILES string of the molecule is CC(C)(C)c1ccc2oc(C(O)COc3ccc(CO)cc3)cc2c1. The van der Waals surface area contributed by atoms with Crippen molar-refractivity contribution in [3.8, 4) is 5.75 Å². The number of hydrogen-bond donors (Lipinski definition) is 2. The van der Waals surface area contributed by atoms with E-state index in [9.17, 15) is 5.11 Å². The van der Waals surface area contributed by atoms with Crippen molar-refractivity contribution in [2.45, 2.75) is 38.9 Å². The predicted octanol–water partition coefficient (Wildman–Crippen LogP) is 4.34. The number of fused-ring (bicyclic) bond motifs is 1. The highest BCUT2D eigenvalue weighted by Crippen LogP contribution is 2.30. The van der Waals surface area contributed by atoms with E-state index in [0.717, 1.165) is 16.5 Å². The average molecular weight is 340 g/mol. The van der Waals surface area contributed by atoms with E-state index in [1.54, 1.807) is 24.3 Å². The van der Waals surface area contributed by atoms with Crippen LogP contribution < -0.4 is 4.74 Å². The average Bonchev–Trinajstić information content (AvgIpc) is 3.02. The van der Waals surface area contributed by atoms with Gasteiger partial charge in [0.25, 0.3) is 0 Å². The number of ether oxygens (including phenoxy) is 1. The van der Waals surface area contributed by atoms with Gasteiger partial charge in [0.05, 0.1) is 6.61 Å². The van der Waals surface area contributed by atoms with Crippen LogP contribution in [0.25, 0.3) is 11.0 Å². The molecule has 0 fully saturated rings. The van der Waals surface area contributed by atoms with Gasteiger partial charge >= 0.3 is 0 Å². The Morgan fingerprint density at radius 1 is 1.04 bits per heavy atom. The third-order valence-electron chi connectivity index (χ3n) is 4.24. The molecule has 0 spiro atoms. The molecule has 0 saturated heterocycles. The lowest BCUT2D eigenvalue weighted by molar-refractivity contribution is 0.0903. The maximum absolute atomic E-state index is 10.4. The summed E-state index contributed by atoms with van der Waals surface area (Å²) in [6.45, 7) is 6.60. The zero-order valence-electron chi connectivity index (χ0n) is 14.8. The van der Waals surface area contributed by atoms with Crippen LogP contribution in [0.15, 0.2) is 52.9 Å². The summed E-state index contributed by atoms with van der Waals surface area (Å²) in [7, 11) is 0. The van der Waals surface area contributed by atoms with Crippen LogP contribution in [0.2, 0.25) is 0 Å². The van der Waals surface area contributed by atoms with Crippen molar-refractivity contribution in [3.05, 3.63) is 65.4 Å². The van der Waals surface area contributed by atoms with Gasteiger partial charge in [-0.15, -0.1) is 0 Å². The number of furan rings is 1. The van der Waals surface area contributed by atoms with E-state index in [-0.39, 0.29) is 18.6 Å². The highest BCUT2D eigenvalue weighted by Gasteiger charge is 2.18. The van der Waals surface area contributed by atoms with E-state index in [1.807, 2.05) is 12.1 Å². The quantitative estimate of drug-likeness (QED) is 0.725. The van der Waals surface area contributed by atoms with Crippen molar-refractivity contribution in [2.24, 2.45) is 0 Å². The van der Waals surface area contributed by atoms with E-state index < -0.39 is 6.10 Å². The molecule has 0 amide bonds. The molecule has 1 heterocycles. The lowest BCUT2D eigenvalue weighted by Gasteiger charge is -2.18. The molecule has 0 radical (unpaired) electrons. The zero-order valence-corrected chi connectivity index (χ0v) is 14.8. The molecular formula is C21H24O4. The summed E-state index contributed by atoms with van der Waals surface area (Å²) in [5.74, 6) is 1.13. The Kier molecular flexibility index (Phi) is 4.84. The molecule has 1 aromatic heterocycles.